The van der Waals surface area contributed by atoms with Crippen molar-refractivity contribution in [3.05, 3.63) is 107 Å². The van der Waals surface area contributed by atoms with Crippen molar-refractivity contribution in [2.45, 2.75) is 0 Å². The molecule has 0 saturated carbocycles. The number of carbonyl (C=O) groups is 2. The van der Waals surface area contributed by atoms with E-state index in [1.807, 2.05) is 72.9 Å². The van der Waals surface area contributed by atoms with Gasteiger partial charge in [0.15, 0.2) is 0 Å². The molecule has 7 nitrogen and oxygen atoms in total. The van der Waals surface area contributed by atoms with E-state index < -0.39 is 5.91 Å². The molecule has 8 heteroatoms. The lowest BCUT2D eigenvalue weighted by Gasteiger charge is -2.04. The van der Waals surface area contributed by atoms with Crippen LogP contribution in [0.1, 0.15) is 15.9 Å². The highest BCUT2D eigenvalue weighted by atomic mass is 79.9. The molecule has 0 aliphatic carbocycles. The number of hydrogen-bond acceptors (Lipinski definition) is 4. The van der Waals surface area contributed by atoms with Crippen molar-refractivity contribution in [3.8, 4) is 16.9 Å². The molecule has 0 fully saturated rings. The normalized spacial score (nSPS) is 10.8. The number of para-hydroxylation sites is 1. The SMILES string of the molecule is O=C(CNC(=O)c1cccc(Br)c1)N/N=C/c1cn(-c2ccccc2)nc1-c1ccccc1. The molecular formula is C25H20BrN5O2. The van der Waals surface area contributed by atoms with Crippen LogP contribution in [0.2, 0.25) is 0 Å². The first-order chi connectivity index (χ1) is 16.1. The van der Waals surface area contributed by atoms with E-state index in [2.05, 4.69) is 31.8 Å². The number of hydrazone groups is 1. The minimum absolute atomic E-state index is 0.197. The molecule has 0 aliphatic heterocycles. The number of benzene rings is 3. The van der Waals surface area contributed by atoms with Crippen LogP contribution in [0.25, 0.3) is 16.9 Å². The average molecular weight is 502 g/mol. The Balaban J connectivity index is 1.44. The van der Waals surface area contributed by atoms with E-state index in [1.165, 1.54) is 0 Å². The number of hydrogen-bond donors (Lipinski definition) is 2. The van der Waals surface area contributed by atoms with Crippen LogP contribution >= 0.6 is 15.9 Å². The second-order valence-corrected chi connectivity index (χ2v) is 7.98. The van der Waals surface area contributed by atoms with Gasteiger partial charge >= 0.3 is 0 Å². The van der Waals surface area contributed by atoms with Gasteiger partial charge in [-0.25, -0.2) is 10.1 Å². The maximum absolute atomic E-state index is 12.2. The molecule has 0 spiro atoms. The van der Waals surface area contributed by atoms with Crippen molar-refractivity contribution in [2.75, 3.05) is 6.54 Å². The van der Waals surface area contributed by atoms with E-state index in [0.717, 1.165) is 27.0 Å². The third kappa shape index (κ3) is 5.81. The molecule has 2 N–H and O–H groups in total. The molecule has 0 atom stereocenters. The van der Waals surface area contributed by atoms with E-state index in [-0.39, 0.29) is 12.5 Å². The van der Waals surface area contributed by atoms with Gasteiger partial charge in [0.1, 0.15) is 5.69 Å². The molecule has 0 bridgehead atoms. The van der Waals surface area contributed by atoms with Crippen LogP contribution in [0.5, 0.6) is 0 Å². The van der Waals surface area contributed by atoms with Gasteiger partial charge in [0.25, 0.3) is 11.8 Å². The number of rotatable bonds is 7. The fraction of sp³-hybridized carbons (Fsp3) is 0.0400. The Morgan fingerprint density at radius 2 is 1.70 bits per heavy atom. The summed E-state index contributed by atoms with van der Waals surface area (Å²) < 4.78 is 2.55. The van der Waals surface area contributed by atoms with Gasteiger partial charge in [-0.2, -0.15) is 10.2 Å². The summed E-state index contributed by atoms with van der Waals surface area (Å²) in [6, 6.07) is 26.4. The van der Waals surface area contributed by atoms with Crippen molar-refractivity contribution in [1.82, 2.24) is 20.5 Å². The van der Waals surface area contributed by atoms with Crippen molar-refractivity contribution >= 4 is 34.0 Å². The van der Waals surface area contributed by atoms with Crippen molar-refractivity contribution < 1.29 is 9.59 Å². The summed E-state index contributed by atoms with van der Waals surface area (Å²) in [5.74, 6) is -0.780. The third-order valence-electron chi connectivity index (χ3n) is 4.70. The molecule has 4 rings (SSSR count). The molecule has 164 valence electrons. The summed E-state index contributed by atoms with van der Waals surface area (Å²) in [5, 5.41) is 11.3. The molecule has 33 heavy (non-hydrogen) atoms. The van der Waals surface area contributed by atoms with E-state index in [9.17, 15) is 9.59 Å². The van der Waals surface area contributed by atoms with Gasteiger partial charge in [-0.15, -0.1) is 0 Å². The summed E-state index contributed by atoms with van der Waals surface area (Å²) in [6.45, 7) is -0.197. The smallest absolute Gasteiger partial charge is 0.259 e. The fourth-order valence-corrected chi connectivity index (χ4v) is 3.52. The fourth-order valence-electron chi connectivity index (χ4n) is 3.12. The third-order valence-corrected chi connectivity index (χ3v) is 5.19. The number of carbonyl (C=O) groups excluding carboxylic acids is 2. The van der Waals surface area contributed by atoms with E-state index in [1.54, 1.807) is 29.1 Å². The van der Waals surface area contributed by atoms with Crippen molar-refractivity contribution in [2.24, 2.45) is 5.10 Å². The predicted octanol–water partition coefficient (Wildman–Crippen LogP) is 4.18. The Morgan fingerprint density at radius 1 is 0.970 bits per heavy atom. The molecule has 0 saturated heterocycles. The lowest BCUT2D eigenvalue weighted by atomic mass is 10.1. The van der Waals surface area contributed by atoms with Gasteiger partial charge < -0.3 is 5.32 Å². The van der Waals surface area contributed by atoms with Gasteiger partial charge in [0.05, 0.1) is 18.4 Å². The maximum atomic E-state index is 12.2. The van der Waals surface area contributed by atoms with Gasteiger partial charge in [-0.3, -0.25) is 9.59 Å². The molecule has 1 aromatic heterocycles. The van der Waals surface area contributed by atoms with E-state index >= 15 is 0 Å². The monoisotopic (exact) mass is 501 g/mol. The van der Waals surface area contributed by atoms with Gasteiger partial charge in [-0.05, 0) is 30.3 Å². The number of nitrogens with one attached hydrogen (secondary N) is 2. The molecular weight excluding hydrogens is 482 g/mol. The van der Waals surface area contributed by atoms with Gasteiger partial charge in [-0.1, -0.05) is 70.5 Å². The topological polar surface area (TPSA) is 88.4 Å². The first-order valence-electron chi connectivity index (χ1n) is 10.2. The van der Waals surface area contributed by atoms with Crippen LogP contribution in [0.15, 0.2) is 101 Å². The summed E-state index contributed by atoms with van der Waals surface area (Å²) in [7, 11) is 0. The summed E-state index contributed by atoms with van der Waals surface area (Å²) in [5.41, 5.74) is 6.22. The first kappa shape index (κ1) is 22.2. The number of nitrogens with zero attached hydrogens (tertiary/aromatic N) is 3. The molecule has 0 unspecified atom stereocenters. The van der Waals surface area contributed by atoms with Crippen LogP contribution in [-0.2, 0) is 4.79 Å². The number of aromatic nitrogens is 2. The Kier molecular flexibility index (Phi) is 7.06. The Bertz CT molecular complexity index is 1290. The summed E-state index contributed by atoms with van der Waals surface area (Å²) in [6.07, 6.45) is 3.39. The summed E-state index contributed by atoms with van der Waals surface area (Å²) >= 11 is 3.32. The lowest BCUT2D eigenvalue weighted by molar-refractivity contribution is -0.120. The summed E-state index contributed by atoms with van der Waals surface area (Å²) in [4.78, 5) is 24.3. The molecule has 2 amide bonds. The maximum Gasteiger partial charge on any atom is 0.259 e. The zero-order valence-corrected chi connectivity index (χ0v) is 19.1. The molecule has 3 aromatic carbocycles. The molecule has 0 radical (unpaired) electrons. The van der Waals surface area contributed by atoms with Crippen molar-refractivity contribution in [1.29, 1.82) is 0 Å². The van der Waals surface area contributed by atoms with Crippen LogP contribution in [0, 0.1) is 0 Å². The van der Waals surface area contributed by atoms with E-state index in [0.29, 0.717) is 5.56 Å². The van der Waals surface area contributed by atoms with Crippen LogP contribution in [-0.4, -0.2) is 34.4 Å². The molecule has 4 aromatic rings. The predicted molar refractivity (Wildman–Crippen MR) is 131 cm³/mol. The van der Waals surface area contributed by atoms with Crippen LogP contribution in [0.4, 0.5) is 0 Å². The molecule has 1 heterocycles. The Morgan fingerprint density at radius 3 is 2.42 bits per heavy atom. The quantitative estimate of drug-likeness (QED) is 0.294. The zero-order valence-electron chi connectivity index (χ0n) is 17.5. The second kappa shape index (κ2) is 10.5. The Hall–Kier alpha value is -4.04. The first-order valence-corrected chi connectivity index (χ1v) is 11.0. The van der Waals surface area contributed by atoms with Crippen LogP contribution < -0.4 is 10.7 Å². The largest absolute Gasteiger partial charge is 0.343 e. The minimum atomic E-state index is -0.439. The Labute approximate surface area is 199 Å². The average Bonchev–Trinajstić information content (AvgIpc) is 3.28. The van der Waals surface area contributed by atoms with Gasteiger partial charge in [0.2, 0.25) is 0 Å². The lowest BCUT2D eigenvalue weighted by Crippen LogP contribution is -2.34. The number of halogens is 1. The number of amides is 2. The highest BCUT2D eigenvalue weighted by Crippen LogP contribution is 2.22. The van der Waals surface area contributed by atoms with Gasteiger partial charge in [0, 0.05) is 27.4 Å². The van der Waals surface area contributed by atoms with Crippen LogP contribution in [0.3, 0.4) is 0 Å². The second-order valence-electron chi connectivity index (χ2n) is 7.07. The van der Waals surface area contributed by atoms with E-state index in [4.69, 9.17) is 5.10 Å². The van der Waals surface area contributed by atoms with Crippen molar-refractivity contribution in [3.63, 3.8) is 0 Å². The molecule has 0 aliphatic rings. The minimum Gasteiger partial charge on any atom is -0.343 e. The highest BCUT2D eigenvalue weighted by Gasteiger charge is 2.11. The highest BCUT2D eigenvalue weighted by molar-refractivity contribution is 9.10. The standard InChI is InChI=1S/C25H20BrN5O2/c26-21-11-7-10-19(14-21)25(33)27-16-23(32)29-28-15-20-17-31(22-12-5-2-6-13-22)30-24(20)18-8-3-1-4-9-18/h1-15,17H,16H2,(H,27,33)(H,29,32)/b28-15+. The zero-order chi connectivity index (χ0) is 23.0.